The average Bonchev–Trinajstić information content (AvgIpc) is 2.49. The maximum absolute atomic E-state index is 12.2. The van der Waals surface area contributed by atoms with Crippen molar-refractivity contribution in [2.75, 3.05) is 5.32 Å². The van der Waals surface area contributed by atoms with E-state index >= 15 is 0 Å². The standard InChI is InChI=1S/C17H14N2O/c1-13-7-9-14(10-8-13)17(20)15(11-18)12-19-16-5-3-2-4-6-16/h2-10,12,19H,1H3. The van der Waals surface area contributed by atoms with Crippen molar-refractivity contribution in [3.8, 4) is 6.07 Å². The SMILES string of the molecule is Cc1ccc(C(=O)C(C#N)=CNc2ccccc2)cc1. The van der Waals surface area contributed by atoms with Gasteiger partial charge >= 0.3 is 0 Å². The van der Waals surface area contributed by atoms with Gasteiger partial charge < -0.3 is 5.32 Å². The summed E-state index contributed by atoms with van der Waals surface area (Å²) in [6, 6.07) is 18.5. The highest BCUT2D eigenvalue weighted by molar-refractivity contribution is 6.11. The molecule has 0 aliphatic rings. The number of carbonyl (C=O) groups excluding carboxylic acids is 1. The number of Topliss-reactive ketones (excluding diaryl/α,β-unsaturated/α-hetero) is 1. The summed E-state index contributed by atoms with van der Waals surface area (Å²) < 4.78 is 0. The molecular formula is C17H14N2O. The van der Waals surface area contributed by atoms with Gasteiger partial charge in [-0.1, -0.05) is 48.0 Å². The predicted octanol–water partition coefficient (Wildman–Crippen LogP) is 3.70. The Bertz CT molecular complexity index is 664. The van der Waals surface area contributed by atoms with Gasteiger partial charge in [0.1, 0.15) is 11.6 Å². The first kappa shape index (κ1) is 13.6. The molecule has 0 saturated heterocycles. The van der Waals surface area contributed by atoms with Gasteiger partial charge in [0.05, 0.1) is 0 Å². The molecular weight excluding hydrogens is 248 g/mol. The van der Waals surface area contributed by atoms with Crippen LogP contribution in [0.3, 0.4) is 0 Å². The van der Waals surface area contributed by atoms with Gasteiger partial charge in [-0.05, 0) is 19.1 Å². The van der Waals surface area contributed by atoms with Crippen LogP contribution in [-0.4, -0.2) is 5.78 Å². The van der Waals surface area contributed by atoms with Crippen LogP contribution in [0.25, 0.3) is 0 Å². The Balaban J connectivity index is 2.18. The van der Waals surface area contributed by atoms with Crippen LogP contribution in [0.2, 0.25) is 0 Å². The summed E-state index contributed by atoms with van der Waals surface area (Å²) in [6.45, 7) is 1.95. The second kappa shape index (κ2) is 6.35. The zero-order chi connectivity index (χ0) is 14.4. The lowest BCUT2D eigenvalue weighted by molar-refractivity contribution is 0.103. The molecule has 0 aromatic heterocycles. The maximum atomic E-state index is 12.2. The van der Waals surface area contributed by atoms with E-state index < -0.39 is 0 Å². The van der Waals surface area contributed by atoms with Crippen LogP contribution in [0.5, 0.6) is 0 Å². The number of nitrogens with zero attached hydrogens (tertiary/aromatic N) is 1. The van der Waals surface area contributed by atoms with Crippen LogP contribution in [-0.2, 0) is 0 Å². The van der Waals surface area contributed by atoms with Gasteiger partial charge in [0.2, 0.25) is 5.78 Å². The second-order valence-electron chi connectivity index (χ2n) is 4.38. The lowest BCUT2D eigenvalue weighted by Crippen LogP contribution is -2.04. The van der Waals surface area contributed by atoms with Gasteiger partial charge in [0, 0.05) is 17.5 Å². The van der Waals surface area contributed by atoms with E-state index in [9.17, 15) is 4.79 Å². The van der Waals surface area contributed by atoms with Gasteiger partial charge in [0.15, 0.2) is 0 Å². The molecule has 0 unspecified atom stereocenters. The van der Waals surface area contributed by atoms with E-state index in [1.165, 1.54) is 6.20 Å². The monoisotopic (exact) mass is 262 g/mol. The third kappa shape index (κ3) is 3.33. The Morgan fingerprint density at radius 2 is 1.75 bits per heavy atom. The number of ketones is 1. The largest absolute Gasteiger partial charge is 0.360 e. The zero-order valence-corrected chi connectivity index (χ0v) is 11.1. The number of benzene rings is 2. The quantitative estimate of drug-likeness (QED) is 0.519. The smallest absolute Gasteiger partial charge is 0.205 e. The van der Waals surface area contributed by atoms with E-state index in [-0.39, 0.29) is 11.4 Å². The van der Waals surface area contributed by atoms with E-state index in [0.29, 0.717) is 5.56 Å². The van der Waals surface area contributed by atoms with Crippen molar-refractivity contribution >= 4 is 11.5 Å². The van der Waals surface area contributed by atoms with Crippen molar-refractivity contribution in [3.63, 3.8) is 0 Å². The molecule has 0 saturated carbocycles. The summed E-state index contributed by atoms with van der Waals surface area (Å²) >= 11 is 0. The Kier molecular flexibility index (Phi) is 4.31. The van der Waals surface area contributed by atoms with Gasteiger partial charge in [-0.25, -0.2) is 0 Å². The molecule has 0 heterocycles. The van der Waals surface area contributed by atoms with Gasteiger partial charge in [-0.2, -0.15) is 5.26 Å². The predicted molar refractivity (Wildman–Crippen MR) is 79.3 cm³/mol. The van der Waals surface area contributed by atoms with Gasteiger partial charge in [0.25, 0.3) is 0 Å². The lowest BCUT2D eigenvalue weighted by Gasteiger charge is -2.02. The molecule has 0 aliphatic carbocycles. The van der Waals surface area contributed by atoms with E-state index in [1.54, 1.807) is 12.1 Å². The van der Waals surface area contributed by atoms with Crippen LogP contribution in [0, 0.1) is 18.3 Å². The molecule has 2 aromatic rings. The van der Waals surface area contributed by atoms with Crippen molar-refractivity contribution < 1.29 is 4.79 Å². The number of anilines is 1. The average molecular weight is 262 g/mol. The molecule has 0 aliphatic heterocycles. The van der Waals surface area contributed by atoms with Crippen molar-refractivity contribution in [1.29, 1.82) is 5.26 Å². The van der Waals surface area contributed by atoms with Crippen LogP contribution in [0.4, 0.5) is 5.69 Å². The second-order valence-corrected chi connectivity index (χ2v) is 4.38. The lowest BCUT2D eigenvalue weighted by atomic mass is 10.0. The summed E-state index contributed by atoms with van der Waals surface area (Å²) in [6.07, 6.45) is 1.44. The number of hydrogen-bond acceptors (Lipinski definition) is 3. The fourth-order valence-electron chi connectivity index (χ4n) is 1.70. The normalized spacial score (nSPS) is 10.7. The van der Waals surface area contributed by atoms with Crippen LogP contribution >= 0.6 is 0 Å². The Labute approximate surface area is 118 Å². The van der Waals surface area contributed by atoms with E-state index in [1.807, 2.05) is 55.5 Å². The topological polar surface area (TPSA) is 52.9 Å². The first-order valence-corrected chi connectivity index (χ1v) is 6.24. The molecule has 0 atom stereocenters. The van der Waals surface area contributed by atoms with Crippen molar-refractivity contribution in [2.45, 2.75) is 6.92 Å². The molecule has 0 amide bonds. The van der Waals surface area contributed by atoms with Crippen molar-refractivity contribution in [1.82, 2.24) is 0 Å². The Hall–Kier alpha value is -2.86. The highest BCUT2D eigenvalue weighted by atomic mass is 16.1. The zero-order valence-electron chi connectivity index (χ0n) is 11.1. The minimum absolute atomic E-state index is 0.0812. The molecule has 0 spiro atoms. The molecule has 0 fully saturated rings. The fourth-order valence-corrected chi connectivity index (χ4v) is 1.70. The minimum Gasteiger partial charge on any atom is -0.360 e. The number of allylic oxidation sites excluding steroid dienone is 1. The number of nitrogens with one attached hydrogen (secondary N) is 1. The molecule has 20 heavy (non-hydrogen) atoms. The van der Waals surface area contributed by atoms with Crippen molar-refractivity contribution in [2.24, 2.45) is 0 Å². The molecule has 0 bridgehead atoms. The summed E-state index contributed by atoms with van der Waals surface area (Å²) in [5, 5.41) is 12.1. The van der Waals surface area contributed by atoms with Crippen LogP contribution in [0.15, 0.2) is 66.4 Å². The van der Waals surface area contributed by atoms with E-state index in [4.69, 9.17) is 5.26 Å². The Morgan fingerprint density at radius 3 is 2.35 bits per heavy atom. The highest BCUT2D eigenvalue weighted by Crippen LogP contribution is 2.11. The Morgan fingerprint density at radius 1 is 1.10 bits per heavy atom. The molecule has 98 valence electrons. The minimum atomic E-state index is -0.282. The van der Waals surface area contributed by atoms with Crippen molar-refractivity contribution in [3.05, 3.63) is 77.5 Å². The maximum Gasteiger partial charge on any atom is 0.205 e. The summed E-state index contributed by atoms with van der Waals surface area (Å²) in [5.41, 5.74) is 2.50. The third-order valence-corrected chi connectivity index (χ3v) is 2.84. The van der Waals surface area contributed by atoms with Gasteiger partial charge in [-0.15, -0.1) is 0 Å². The van der Waals surface area contributed by atoms with E-state index in [2.05, 4.69) is 5.32 Å². The number of para-hydroxylation sites is 1. The molecule has 3 heteroatoms. The first-order valence-electron chi connectivity index (χ1n) is 6.24. The first-order chi connectivity index (χ1) is 9.70. The summed E-state index contributed by atoms with van der Waals surface area (Å²) in [4.78, 5) is 12.2. The molecule has 3 nitrogen and oxygen atoms in total. The molecule has 2 aromatic carbocycles. The number of hydrogen-bond donors (Lipinski definition) is 1. The number of carbonyl (C=O) groups is 1. The molecule has 0 radical (unpaired) electrons. The molecule has 1 N–H and O–H groups in total. The molecule has 2 rings (SSSR count). The fraction of sp³-hybridized carbons (Fsp3) is 0.0588. The summed E-state index contributed by atoms with van der Waals surface area (Å²) in [5.74, 6) is -0.282. The number of aryl methyl sites for hydroxylation is 1. The highest BCUT2D eigenvalue weighted by Gasteiger charge is 2.11. The summed E-state index contributed by atoms with van der Waals surface area (Å²) in [7, 11) is 0. The number of rotatable bonds is 4. The van der Waals surface area contributed by atoms with Gasteiger partial charge in [-0.3, -0.25) is 4.79 Å². The van der Waals surface area contributed by atoms with Crippen LogP contribution in [0.1, 0.15) is 15.9 Å². The third-order valence-electron chi connectivity index (χ3n) is 2.84. The number of nitriles is 1. The van der Waals surface area contributed by atoms with Crippen LogP contribution < -0.4 is 5.32 Å². The van der Waals surface area contributed by atoms with E-state index in [0.717, 1.165) is 11.3 Å².